The highest BCUT2D eigenvalue weighted by Crippen LogP contribution is 2.32. The topological polar surface area (TPSA) is 202 Å². The van der Waals surface area contributed by atoms with Gasteiger partial charge in [-0.3, -0.25) is 4.90 Å². The lowest BCUT2D eigenvalue weighted by Crippen LogP contribution is -2.68. The molecule has 0 radical (unpaired) electrons. The number of ether oxygens (including phenoxy) is 3. The van der Waals surface area contributed by atoms with Crippen molar-refractivity contribution in [3.05, 3.63) is 0 Å². The highest BCUT2D eigenvalue weighted by molar-refractivity contribution is 6.18. The number of aliphatic hydroxyl groups is 7. The van der Waals surface area contributed by atoms with Crippen molar-refractivity contribution in [2.24, 2.45) is 5.92 Å². The molecule has 1 saturated carbocycles. The molecule has 210 valence electrons. The van der Waals surface area contributed by atoms with E-state index in [4.69, 9.17) is 25.8 Å². The van der Waals surface area contributed by atoms with Crippen LogP contribution in [0.3, 0.4) is 0 Å². The summed E-state index contributed by atoms with van der Waals surface area (Å²) in [6.07, 6.45) is -10.4. The number of alkyl halides is 1. The van der Waals surface area contributed by atoms with E-state index in [0.717, 1.165) is 32.1 Å². The number of rotatable bonds is 9. The summed E-state index contributed by atoms with van der Waals surface area (Å²) in [4.78, 5) is 14.3. The summed E-state index contributed by atoms with van der Waals surface area (Å²) in [5, 5.41) is 74.2. The Morgan fingerprint density at radius 3 is 2.17 bits per heavy atom. The maximum atomic E-state index is 13.0. The summed E-state index contributed by atoms with van der Waals surface area (Å²) in [5.74, 6) is 0.345. The van der Waals surface area contributed by atoms with Crippen LogP contribution in [0.2, 0.25) is 0 Å². The molecule has 3 rings (SSSR count). The number of hydrogen-bond donors (Lipinski definition) is 8. The fraction of sp³-hybridized carbons (Fsp3) is 0.955. The second kappa shape index (κ2) is 13.8. The Bertz CT molecular complexity index is 684. The predicted molar refractivity (Wildman–Crippen MR) is 124 cm³/mol. The van der Waals surface area contributed by atoms with Crippen LogP contribution in [0, 0.1) is 5.92 Å². The Morgan fingerprint density at radius 1 is 0.889 bits per heavy atom. The van der Waals surface area contributed by atoms with E-state index in [1.807, 2.05) is 0 Å². The standard InChI is InChI=1S/C22H39ClN2O11/c23-6-7-24-22(33)25(8-11-4-2-1-3-5-11)20-17(31)16(30)19(13(10-27)34-20)36-21-18(32)15(29)14(28)12(9-26)35-21/h11-21,26-32H,1-10H2,(H,24,33)/t12-,13-,14-,15+,16-,17-,18-,19-,20?,21-/m1/s1. The van der Waals surface area contributed by atoms with Crippen molar-refractivity contribution >= 4 is 17.6 Å². The van der Waals surface area contributed by atoms with Crippen LogP contribution in [0.15, 0.2) is 0 Å². The van der Waals surface area contributed by atoms with Gasteiger partial charge in [0.25, 0.3) is 0 Å². The van der Waals surface area contributed by atoms with Gasteiger partial charge in [0.1, 0.15) is 48.8 Å². The quantitative estimate of drug-likeness (QED) is 0.142. The minimum absolute atomic E-state index is 0.170. The van der Waals surface area contributed by atoms with Gasteiger partial charge < -0.3 is 55.3 Å². The summed E-state index contributed by atoms with van der Waals surface area (Å²) in [7, 11) is 0. The minimum atomic E-state index is -1.76. The Morgan fingerprint density at radius 2 is 1.56 bits per heavy atom. The highest BCUT2D eigenvalue weighted by Gasteiger charge is 2.52. The molecular formula is C22H39ClN2O11. The van der Waals surface area contributed by atoms with Crippen molar-refractivity contribution in [3.8, 4) is 0 Å². The van der Waals surface area contributed by atoms with Crippen LogP contribution in [-0.2, 0) is 14.2 Å². The van der Waals surface area contributed by atoms with Crippen molar-refractivity contribution in [3.63, 3.8) is 0 Å². The van der Waals surface area contributed by atoms with Crippen LogP contribution in [0.25, 0.3) is 0 Å². The molecule has 2 heterocycles. The molecule has 3 fully saturated rings. The molecule has 2 saturated heterocycles. The number of nitrogens with one attached hydrogen (secondary N) is 1. The Balaban J connectivity index is 1.76. The molecule has 0 aromatic carbocycles. The Labute approximate surface area is 214 Å². The number of hydrogen-bond acceptors (Lipinski definition) is 11. The summed E-state index contributed by atoms with van der Waals surface area (Å²) in [5.41, 5.74) is 0. The first-order chi connectivity index (χ1) is 17.2. The van der Waals surface area contributed by atoms with Gasteiger partial charge in [-0.2, -0.15) is 0 Å². The number of amides is 2. The molecule has 13 nitrogen and oxygen atoms in total. The van der Waals surface area contributed by atoms with Gasteiger partial charge in [0.2, 0.25) is 0 Å². The molecule has 14 heteroatoms. The fourth-order valence-electron chi connectivity index (χ4n) is 5.03. The maximum Gasteiger partial charge on any atom is 0.319 e. The van der Waals surface area contributed by atoms with Crippen LogP contribution in [0.5, 0.6) is 0 Å². The Hall–Kier alpha value is -0.840. The highest BCUT2D eigenvalue weighted by atomic mass is 35.5. The third-order valence-electron chi connectivity index (χ3n) is 7.10. The van der Waals surface area contributed by atoms with Crippen molar-refractivity contribution < 1.29 is 54.8 Å². The van der Waals surface area contributed by atoms with Crippen molar-refractivity contribution in [2.75, 3.05) is 32.2 Å². The molecular weight excluding hydrogens is 504 g/mol. The van der Waals surface area contributed by atoms with Crippen LogP contribution in [-0.4, -0.2) is 140 Å². The van der Waals surface area contributed by atoms with E-state index in [1.165, 1.54) is 4.90 Å². The first-order valence-electron chi connectivity index (χ1n) is 12.4. The average molecular weight is 543 g/mol. The second-order valence-corrected chi connectivity index (χ2v) is 9.98. The number of nitrogens with zero attached hydrogens (tertiary/aromatic N) is 1. The van der Waals surface area contributed by atoms with Gasteiger partial charge in [0, 0.05) is 19.0 Å². The third-order valence-corrected chi connectivity index (χ3v) is 7.29. The molecule has 0 aromatic rings. The second-order valence-electron chi connectivity index (χ2n) is 9.60. The van der Waals surface area contributed by atoms with Gasteiger partial charge in [-0.15, -0.1) is 11.6 Å². The van der Waals surface area contributed by atoms with E-state index >= 15 is 0 Å². The van der Waals surface area contributed by atoms with Gasteiger partial charge in [-0.1, -0.05) is 19.3 Å². The third kappa shape index (κ3) is 6.77. The summed E-state index contributed by atoms with van der Waals surface area (Å²) in [6, 6.07) is -0.539. The lowest BCUT2D eigenvalue weighted by molar-refractivity contribution is -0.347. The van der Waals surface area contributed by atoms with Crippen molar-refractivity contribution in [1.29, 1.82) is 0 Å². The summed E-state index contributed by atoms with van der Waals surface area (Å²) in [6.45, 7) is -0.919. The minimum Gasteiger partial charge on any atom is -0.394 e. The fourth-order valence-corrected chi connectivity index (χ4v) is 5.13. The van der Waals surface area contributed by atoms with Crippen LogP contribution in [0.4, 0.5) is 4.79 Å². The van der Waals surface area contributed by atoms with Gasteiger partial charge in [0.05, 0.1) is 13.2 Å². The number of halogens is 1. The largest absolute Gasteiger partial charge is 0.394 e. The van der Waals surface area contributed by atoms with Crippen LogP contribution in [0.1, 0.15) is 32.1 Å². The number of carbonyl (C=O) groups excluding carboxylic acids is 1. The van der Waals surface area contributed by atoms with Gasteiger partial charge in [-0.05, 0) is 18.8 Å². The van der Waals surface area contributed by atoms with Gasteiger partial charge in [0.15, 0.2) is 12.5 Å². The lowest BCUT2D eigenvalue weighted by atomic mass is 9.88. The van der Waals surface area contributed by atoms with E-state index in [-0.39, 0.29) is 24.9 Å². The molecule has 0 bridgehead atoms. The Kier molecular flexibility index (Phi) is 11.4. The van der Waals surface area contributed by atoms with Gasteiger partial charge in [-0.25, -0.2) is 4.79 Å². The number of carbonyl (C=O) groups is 1. The monoisotopic (exact) mass is 542 g/mol. The molecule has 0 spiro atoms. The van der Waals surface area contributed by atoms with E-state index in [9.17, 15) is 40.5 Å². The summed E-state index contributed by atoms with van der Waals surface area (Å²) >= 11 is 5.70. The zero-order valence-corrected chi connectivity index (χ0v) is 20.8. The first-order valence-corrected chi connectivity index (χ1v) is 13.0. The zero-order valence-electron chi connectivity index (χ0n) is 20.0. The lowest BCUT2D eigenvalue weighted by Gasteiger charge is -2.48. The normalized spacial score (nSPS) is 40.1. The SMILES string of the molecule is O=C(NCCCl)N(CC1CCCCC1)C1O[C@H](CO)[C@@H](O[C@H]2O[C@H](CO)[C@@H](O)[C@H](O)[C@H]2O)[C@H](O)[C@H]1O. The molecule has 1 unspecified atom stereocenters. The molecule has 3 aliphatic rings. The molecule has 0 aromatic heterocycles. The number of aliphatic hydroxyl groups excluding tert-OH is 7. The van der Waals surface area contributed by atoms with E-state index in [0.29, 0.717) is 0 Å². The van der Waals surface area contributed by atoms with Gasteiger partial charge >= 0.3 is 6.03 Å². The molecule has 2 aliphatic heterocycles. The maximum absolute atomic E-state index is 13.0. The molecule has 1 aliphatic carbocycles. The number of urea groups is 1. The van der Waals surface area contributed by atoms with E-state index < -0.39 is 80.6 Å². The van der Waals surface area contributed by atoms with Crippen LogP contribution < -0.4 is 5.32 Å². The van der Waals surface area contributed by atoms with E-state index in [1.54, 1.807) is 0 Å². The molecule has 2 amide bonds. The first kappa shape index (κ1) is 29.7. The van der Waals surface area contributed by atoms with Crippen LogP contribution >= 0.6 is 11.6 Å². The summed E-state index contributed by atoms with van der Waals surface area (Å²) < 4.78 is 16.8. The molecule has 10 atom stereocenters. The average Bonchev–Trinajstić information content (AvgIpc) is 2.89. The predicted octanol–water partition coefficient (Wildman–Crippen LogP) is -2.56. The molecule has 8 N–H and O–H groups in total. The van der Waals surface area contributed by atoms with Crippen molar-refractivity contribution in [1.82, 2.24) is 10.2 Å². The van der Waals surface area contributed by atoms with E-state index in [2.05, 4.69) is 5.32 Å². The zero-order chi connectivity index (χ0) is 26.4. The molecule has 36 heavy (non-hydrogen) atoms. The van der Waals surface area contributed by atoms with Crippen molar-refractivity contribution in [2.45, 2.75) is 93.5 Å². The smallest absolute Gasteiger partial charge is 0.319 e.